The molecule has 2 nitrogen and oxygen atoms in total. The minimum atomic E-state index is 0.156. The molecule has 2 aliphatic rings. The van der Waals surface area contributed by atoms with Crippen LogP contribution in [0.15, 0.2) is 18.2 Å². The van der Waals surface area contributed by atoms with Crippen LogP contribution in [-0.4, -0.2) is 5.91 Å². The van der Waals surface area contributed by atoms with Crippen LogP contribution in [0, 0.1) is 24.7 Å². The van der Waals surface area contributed by atoms with E-state index >= 15 is 0 Å². The van der Waals surface area contributed by atoms with Crippen molar-refractivity contribution in [2.45, 2.75) is 39.0 Å². The summed E-state index contributed by atoms with van der Waals surface area (Å²) in [5.74, 6) is 2.48. The highest BCUT2D eigenvalue weighted by Gasteiger charge is 2.40. The quantitative estimate of drug-likeness (QED) is 0.871. The van der Waals surface area contributed by atoms with E-state index in [2.05, 4.69) is 5.32 Å². The third-order valence-electron chi connectivity index (χ3n) is 4.79. The molecule has 1 aromatic carbocycles. The molecule has 0 unspecified atom stereocenters. The summed E-state index contributed by atoms with van der Waals surface area (Å²) in [4.78, 5) is 12.1. The monoisotopic (exact) mass is 277 g/mol. The summed E-state index contributed by atoms with van der Waals surface area (Å²) in [7, 11) is 0. The number of fused-ring (bicyclic) bond motifs is 2. The highest BCUT2D eigenvalue weighted by Crippen LogP contribution is 2.49. The molecule has 0 aliphatic heterocycles. The number of hydrogen-bond acceptors (Lipinski definition) is 1. The predicted octanol–water partition coefficient (Wildman–Crippen LogP) is 4.41. The van der Waals surface area contributed by atoms with Crippen LogP contribution >= 0.6 is 11.6 Å². The normalized spacial score (nSPS) is 28.6. The van der Waals surface area contributed by atoms with Crippen LogP contribution < -0.4 is 5.32 Å². The maximum absolute atomic E-state index is 12.1. The minimum Gasteiger partial charge on any atom is -0.326 e. The number of benzene rings is 1. The van der Waals surface area contributed by atoms with Crippen molar-refractivity contribution in [3.8, 4) is 0 Å². The van der Waals surface area contributed by atoms with Gasteiger partial charge in [0.1, 0.15) is 0 Å². The molecule has 2 bridgehead atoms. The number of aryl methyl sites for hydroxylation is 1. The Morgan fingerprint density at radius 1 is 1.37 bits per heavy atom. The standard InChI is InChI=1S/C16H20ClNO/c1-10-6-14(17)4-5-15(10)18-16(19)9-13-8-11-2-3-12(13)7-11/h4-6,11-13H,2-3,7-9H2,1H3,(H,18,19)/t11-,12+,13-/m0/s1. The first-order chi connectivity index (χ1) is 9.11. The fourth-order valence-electron chi connectivity index (χ4n) is 3.83. The first-order valence-electron chi connectivity index (χ1n) is 7.18. The van der Waals surface area contributed by atoms with E-state index in [4.69, 9.17) is 11.6 Å². The molecule has 0 heterocycles. The maximum Gasteiger partial charge on any atom is 0.224 e. The third kappa shape index (κ3) is 2.79. The average molecular weight is 278 g/mol. The Morgan fingerprint density at radius 2 is 2.21 bits per heavy atom. The van der Waals surface area contributed by atoms with Gasteiger partial charge in [-0.3, -0.25) is 4.79 Å². The van der Waals surface area contributed by atoms with Crippen LogP contribution in [0.25, 0.3) is 0 Å². The number of amides is 1. The number of anilines is 1. The number of halogens is 1. The highest BCUT2D eigenvalue weighted by atomic mass is 35.5. The van der Waals surface area contributed by atoms with Crippen LogP contribution in [0.3, 0.4) is 0 Å². The molecule has 1 amide bonds. The molecule has 102 valence electrons. The Bertz CT molecular complexity index is 500. The van der Waals surface area contributed by atoms with Crippen LogP contribution in [-0.2, 0) is 4.79 Å². The number of rotatable bonds is 3. The fraction of sp³-hybridized carbons (Fsp3) is 0.562. The molecular formula is C16H20ClNO. The van der Waals surface area contributed by atoms with Gasteiger partial charge in [0.05, 0.1) is 0 Å². The third-order valence-corrected chi connectivity index (χ3v) is 5.03. The molecule has 1 N–H and O–H groups in total. The van der Waals surface area contributed by atoms with E-state index in [-0.39, 0.29) is 5.91 Å². The average Bonchev–Trinajstić information content (AvgIpc) is 2.95. The van der Waals surface area contributed by atoms with Crippen molar-refractivity contribution in [2.75, 3.05) is 5.32 Å². The van der Waals surface area contributed by atoms with Gasteiger partial charge in [0.25, 0.3) is 0 Å². The molecule has 2 aliphatic carbocycles. The van der Waals surface area contributed by atoms with Gasteiger partial charge in [-0.2, -0.15) is 0 Å². The lowest BCUT2D eigenvalue weighted by atomic mass is 9.86. The van der Waals surface area contributed by atoms with E-state index in [1.165, 1.54) is 25.7 Å². The van der Waals surface area contributed by atoms with Crippen LogP contribution in [0.4, 0.5) is 5.69 Å². The van der Waals surface area contributed by atoms with Crippen molar-refractivity contribution in [1.29, 1.82) is 0 Å². The van der Waals surface area contributed by atoms with Crippen molar-refractivity contribution in [1.82, 2.24) is 0 Å². The minimum absolute atomic E-state index is 0.156. The van der Waals surface area contributed by atoms with Gasteiger partial charge in [-0.1, -0.05) is 18.0 Å². The van der Waals surface area contributed by atoms with E-state index in [9.17, 15) is 4.79 Å². The molecule has 0 saturated heterocycles. The second kappa shape index (κ2) is 5.16. The number of nitrogens with one attached hydrogen (secondary N) is 1. The maximum atomic E-state index is 12.1. The van der Waals surface area contributed by atoms with Gasteiger partial charge in [0, 0.05) is 17.1 Å². The summed E-state index contributed by atoms with van der Waals surface area (Å²) in [6.07, 6.45) is 6.03. The van der Waals surface area contributed by atoms with E-state index in [1.807, 2.05) is 25.1 Å². The van der Waals surface area contributed by atoms with E-state index in [0.717, 1.165) is 23.1 Å². The zero-order chi connectivity index (χ0) is 13.4. The number of carbonyl (C=O) groups excluding carboxylic acids is 1. The zero-order valence-electron chi connectivity index (χ0n) is 11.3. The molecule has 2 fully saturated rings. The molecule has 0 spiro atoms. The molecular weight excluding hydrogens is 258 g/mol. The van der Waals surface area contributed by atoms with E-state index in [0.29, 0.717) is 17.4 Å². The number of hydrogen-bond donors (Lipinski definition) is 1. The summed E-state index contributed by atoms with van der Waals surface area (Å²) in [6, 6.07) is 5.59. The molecule has 1 aromatic rings. The SMILES string of the molecule is Cc1cc(Cl)ccc1NC(=O)C[C@@H]1C[C@H]2CC[C@@H]1C2. The van der Waals surface area contributed by atoms with Gasteiger partial charge in [-0.25, -0.2) is 0 Å². The summed E-state index contributed by atoms with van der Waals surface area (Å²) in [5, 5.41) is 3.74. The Hall–Kier alpha value is -1.02. The second-order valence-electron chi connectivity index (χ2n) is 6.15. The predicted molar refractivity (Wildman–Crippen MR) is 78.4 cm³/mol. The lowest BCUT2D eigenvalue weighted by molar-refractivity contribution is -0.117. The molecule has 0 radical (unpaired) electrons. The van der Waals surface area contributed by atoms with Crippen molar-refractivity contribution in [2.24, 2.45) is 17.8 Å². The van der Waals surface area contributed by atoms with Gasteiger partial charge in [0.15, 0.2) is 0 Å². The smallest absolute Gasteiger partial charge is 0.224 e. The highest BCUT2D eigenvalue weighted by molar-refractivity contribution is 6.30. The zero-order valence-corrected chi connectivity index (χ0v) is 12.0. The van der Waals surface area contributed by atoms with Gasteiger partial charge < -0.3 is 5.32 Å². The first kappa shape index (κ1) is 13.0. The van der Waals surface area contributed by atoms with Gasteiger partial charge in [-0.15, -0.1) is 0 Å². The molecule has 3 rings (SSSR count). The molecule has 3 atom stereocenters. The molecule has 19 heavy (non-hydrogen) atoms. The second-order valence-corrected chi connectivity index (χ2v) is 6.58. The molecule has 0 aromatic heterocycles. The Morgan fingerprint density at radius 3 is 2.84 bits per heavy atom. The van der Waals surface area contributed by atoms with E-state index in [1.54, 1.807) is 0 Å². The summed E-state index contributed by atoms with van der Waals surface area (Å²) in [5.41, 5.74) is 1.91. The lowest BCUT2D eigenvalue weighted by Crippen LogP contribution is -2.20. The molecule has 2 saturated carbocycles. The van der Waals surface area contributed by atoms with E-state index < -0.39 is 0 Å². The topological polar surface area (TPSA) is 29.1 Å². The van der Waals surface area contributed by atoms with Gasteiger partial charge >= 0.3 is 0 Å². The van der Waals surface area contributed by atoms with Crippen molar-refractivity contribution in [3.05, 3.63) is 28.8 Å². The van der Waals surface area contributed by atoms with Crippen LogP contribution in [0.1, 0.15) is 37.7 Å². The van der Waals surface area contributed by atoms with Crippen molar-refractivity contribution < 1.29 is 4.79 Å². The van der Waals surface area contributed by atoms with Crippen LogP contribution in [0.5, 0.6) is 0 Å². The number of carbonyl (C=O) groups is 1. The van der Waals surface area contributed by atoms with Gasteiger partial charge in [0.2, 0.25) is 5.91 Å². The van der Waals surface area contributed by atoms with Crippen molar-refractivity contribution in [3.63, 3.8) is 0 Å². The summed E-state index contributed by atoms with van der Waals surface area (Å²) >= 11 is 5.92. The Labute approximate surface area is 119 Å². The first-order valence-corrected chi connectivity index (χ1v) is 7.55. The van der Waals surface area contributed by atoms with Crippen LogP contribution in [0.2, 0.25) is 5.02 Å². The summed E-state index contributed by atoms with van der Waals surface area (Å²) in [6.45, 7) is 1.97. The Kier molecular flexibility index (Phi) is 3.53. The van der Waals surface area contributed by atoms with Gasteiger partial charge in [-0.05, 0) is 67.7 Å². The largest absolute Gasteiger partial charge is 0.326 e. The Balaban J connectivity index is 1.59. The molecule has 3 heteroatoms. The summed E-state index contributed by atoms with van der Waals surface area (Å²) < 4.78 is 0. The fourth-order valence-corrected chi connectivity index (χ4v) is 4.06. The van der Waals surface area contributed by atoms with Crippen molar-refractivity contribution >= 4 is 23.2 Å². The lowest BCUT2D eigenvalue weighted by Gasteiger charge is -2.21.